The summed E-state index contributed by atoms with van der Waals surface area (Å²) in [7, 11) is 1.88. The predicted octanol–water partition coefficient (Wildman–Crippen LogP) is 2.03. The summed E-state index contributed by atoms with van der Waals surface area (Å²) in [5.41, 5.74) is 2.17. The van der Waals surface area contributed by atoms with Crippen LogP contribution < -0.4 is 5.32 Å². The summed E-state index contributed by atoms with van der Waals surface area (Å²) in [6, 6.07) is 10.3. The van der Waals surface area contributed by atoms with Gasteiger partial charge in [-0.15, -0.1) is 0 Å². The first-order valence-corrected chi connectivity index (χ1v) is 8.79. The Morgan fingerprint density at radius 2 is 1.92 bits per heavy atom. The van der Waals surface area contributed by atoms with Crippen molar-refractivity contribution in [3.8, 4) is 0 Å². The third-order valence-electron chi connectivity index (χ3n) is 4.57. The Morgan fingerprint density at radius 3 is 2.65 bits per heavy atom. The van der Waals surface area contributed by atoms with E-state index in [4.69, 9.17) is 4.74 Å². The maximum absolute atomic E-state index is 13.0. The summed E-state index contributed by atoms with van der Waals surface area (Å²) in [5, 5.41) is 3.09. The highest BCUT2D eigenvalue weighted by Gasteiger charge is 2.29. The van der Waals surface area contributed by atoms with Gasteiger partial charge in [-0.3, -0.25) is 14.7 Å². The zero-order valence-electron chi connectivity index (χ0n) is 14.9. The molecule has 1 amide bonds. The highest BCUT2D eigenvalue weighted by molar-refractivity contribution is 5.78. The lowest BCUT2D eigenvalue weighted by atomic mass is 9.95. The van der Waals surface area contributed by atoms with E-state index < -0.39 is 0 Å². The minimum absolute atomic E-state index is 0.0230. The number of rotatable bonds is 7. The molecule has 1 aromatic heterocycles. The molecule has 6 heteroatoms. The lowest BCUT2D eigenvalue weighted by Gasteiger charge is -2.22. The Bertz CT molecular complexity index is 709. The molecule has 1 N–H and O–H groups in total. The molecule has 138 valence electrons. The van der Waals surface area contributed by atoms with E-state index in [1.807, 2.05) is 24.1 Å². The van der Waals surface area contributed by atoms with Crippen LogP contribution in [-0.2, 0) is 22.5 Å². The standard InChI is InChI=1S/C20H24FN3O2/c1-24(11-16-2-4-18(21)5-3-16)12-20(25)23-19-14-26-13-17(19)10-15-6-8-22-9-7-15/h2-9,17,19H,10-14H2,1H3,(H,23,25)/t17-,19-/m1/s1. The molecule has 1 aromatic carbocycles. The molecule has 1 saturated heterocycles. The maximum Gasteiger partial charge on any atom is 0.234 e. The van der Waals surface area contributed by atoms with Crippen LogP contribution in [0.1, 0.15) is 11.1 Å². The van der Waals surface area contributed by atoms with E-state index in [9.17, 15) is 9.18 Å². The predicted molar refractivity (Wildman–Crippen MR) is 96.9 cm³/mol. The van der Waals surface area contributed by atoms with Gasteiger partial charge >= 0.3 is 0 Å². The fourth-order valence-corrected chi connectivity index (χ4v) is 3.24. The van der Waals surface area contributed by atoms with E-state index in [0.717, 1.165) is 12.0 Å². The number of benzene rings is 1. The number of pyridine rings is 1. The third-order valence-corrected chi connectivity index (χ3v) is 4.57. The lowest BCUT2D eigenvalue weighted by molar-refractivity contribution is -0.123. The Labute approximate surface area is 153 Å². The highest BCUT2D eigenvalue weighted by atomic mass is 19.1. The average Bonchev–Trinajstić information content (AvgIpc) is 3.04. The number of hydrogen-bond acceptors (Lipinski definition) is 4. The zero-order valence-corrected chi connectivity index (χ0v) is 14.9. The normalized spacial score (nSPS) is 19.7. The fraction of sp³-hybridized carbons (Fsp3) is 0.400. The number of carbonyl (C=O) groups is 1. The molecule has 0 spiro atoms. The second-order valence-corrected chi connectivity index (χ2v) is 6.83. The van der Waals surface area contributed by atoms with Crippen LogP contribution in [-0.4, -0.2) is 48.6 Å². The number of nitrogens with one attached hydrogen (secondary N) is 1. The molecule has 0 unspecified atom stereocenters. The van der Waals surface area contributed by atoms with Crippen LogP contribution in [0.2, 0.25) is 0 Å². The van der Waals surface area contributed by atoms with Crippen LogP contribution in [0.25, 0.3) is 0 Å². The molecule has 1 aliphatic rings. The first-order valence-electron chi connectivity index (χ1n) is 8.79. The summed E-state index contributed by atoms with van der Waals surface area (Å²) >= 11 is 0. The molecule has 0 radical (unpaired) electrons. The van der Waals surface area contributed by atoms with E-state index in [-0.39, 0.29) is 30.2 Å². The van der Waals surface area contributed by atoms with Gasteiger partial charge in [-0.1, -0.05) is 12.1 Å². The molecule has 5 nitrogen and oxygen atoms in total. The largest absolute Gasteiger partial charge is 0.379 e. The molecule has 1 aliphatic heterocycles. The van der Waals surface area contributed by atoms with Gasteiger partial charge in [0.15, 0.2) is 0 Å². The fourth-order valence-electron chi connectivity index (χ4n) is 3.24. The first-order chi connectivity index (χ1) is 12.6. The van der Waals surface area contributed by atoms with Gasteiger partial charge < -0.3 is 10.1 Å². The van der Waals surface area contributed by atoms with Gasteiger partial charge in [0.2, 0.25) is 5.91 Å². The zero-order chi connectivity index (χ0) is 18.4. The second kappa shape index (κ2) is 8.87. The van der Waals surface area contributed by atoms with Crippen molar-refractivity contribution >= 4 is 5.91 Å². The average molecular weight is 357 g/mol. The van der Waals surface area contributed by atoms with Crippen molar-refractivity contribution < 1.29 is 13.9 Å². The van der Waals surface area contributed by atoms with Crippen molar-refractivity contribution in [3.05, 3.63) is 65.7 Å². The van der Waals surface area contributed by atoms with Crippen LogP contribution in [0.4, 0.5) is 4.39 Å². The number of aromatic nitrogens is 1. The van der Waals surface area contributed by atoms with Gasteiger partial charge in [0.1, 0.15) is 5.82 Å². The Kier molecular flexibility index (Phi) is 6.30. The molecule has 26 heavy (non-hydrogen) atoms. The molecule has 0 aliphatic carbocycles. The number of ether oxygens (including phenoxy) is 1. The SMILES string of the molecule is CN(CC(=O)N[C@@H]1COC[C@H]1Cc1ccncc1)Cc1ccc(F)cc1. The molecule has 1 fully saturated rings. The topological polar surface area (TPSA) is 54.5 Å². The van der Waals surface area contributed by atoms with Crippen molar-refractivity contribution in [1.29, 1.82) is 0 Å². The first kappa shape index (κ1) is 18.5. The number of hydrogen-bond donors (Lipinski definition) is 1. The summed E-state index contributed by atoms with van der Waals surface area (Å²) in [4.78, 5) is 18.3. The maximum atomic E-state index is 13.0. The Balaban J connectivity index is 1.48. The van der Waals surface area contributed by atoms with Crippen molar-refractivity contribution in [2.75, 3.05) is 26.8 Å². The summed E-state index contributed by atoms with van der Waals surface area (Å²) in [5.74, 6) is -0.00999. The second-order valence-electron chi connectivity index (χ2n) is 6.83. The molecule has 2 aromatic rings. The van der Waals surface area contributed by atoms with E-state index >= 15 is 0 Å². The van der Waals surface area contributed by atoms with Crippen molar-refractivity contribution in [3.63, 3.8) is 0 Å². The molecular formula is C20H24FN3O2. The Hall–Kier alpha value is -2.31. The van der Waals surface area contributed by atoms with Gasteiger partial charge in [-0.2, -0.15) is 0 Å². The third kappa shape index (κ3) is 5.34. The van der Waals surface area contributed by atoms with E-state index in [1.54, 1.807) is 24.5 Å². The van der Waals surface area contributed by atoms with Crippen molar-refractivity contribution in [1.82, 2.24) is 15.2 Å². The smallest absolute Gasteiger partial charge is 0.234 e. The number of likely N-dealkylation sites (N-methyl/N-ethyl adjacent to an activating group) is 1. The van der Waals surface area contributed by atoms with E-state index in [2.05, 4.69) is 10.3 Å². The summed E-state index contributed by atoms with van der Waals surface area (Å²) in [6.45, 7) is 2.08. The van der Waals surface area contributed by atoms with E-state index in [1.165, 1.54) is 17.7 Å². The Morgan fingerprint density at radius 1 is 1.19 bits per heavy atom. The molecule has 0 bridgehead atoms. The highest BCUT2D eigenvalue weighted by Crippen LogP contribution is 2.19. The molecule has 2 heterocycles. The van der Waals surface area contributed by atoms with Crippen LogP contribution in [0.5, 0.6) is 0 Å². The van der Waals surface area contributed by atoms with Crippen LogP contribution in [0.3, 0.4) is 0 Å². The van der Waals surface area contributed by atoms with Crippen LogP contribution in [0, 0.1) is 11.7 Å². The van der Waals surface area contributed by atoms with E-state index in [0.29, 0.717) is 19.8 Å². The van der Waals surface area contributed by atoms with Crippen molar-refractivity contribution in [2.24, 2.45) is 5.92 Å². The number of halogens is 1. The van der Waals surface area contributed by atoms with Gasteiger partial charge in [0.05, 0.1) is 25.8 Å². The quantitative estimate of drug-likeness (QED) is 0.824. The molecule has 2 atom stereocenters. The monoisotopic (exact) mass is 357 g/mol. The lowest BCUT2D eigenvalue weighted by Crippen LogP contribution is -2.44. The van der Waals surface area contributed by atoms with Crippen LogP contribution >= 0.6 is 0 Å². The number of amides is 1. The van der Waals surface area contributed by atoms with Gasteiger partial charge in [-0.05, 0) is 48.9 Å². The summed E-state index contributed by atoms with van der Waals surface area (Å²) in [6.07, 6.45) is 4.42. The molecular weight excluding hydrogens is 333 g/mol. The minimum Gasteiger partial charge on any atom is -0.379 e. The van der Waals surface area contributed by atoms with Crippen LogP contribution in [0.15, 0.2) is 48.8 Å². The van der Waals surface area contributed by atoms with Crippen molar-refractivity contribution in [2.45, 2.75) is 19.0 Å². The van der Waals surface area contributed by atoms with Gasteiger partial charge in [-0.25, -0.2) is 4.39 Å². The van der Waals surface area contributed by atoms with Gasteiger partial charge in [0.25, 0.3) is 0 Å². The number of carbonyl (C=O) groups excluding carboxylic acids is 1. The molecule has 0 saturated carbocycles. The number of nitrogens with zero attached hydrogens (tertiary/aromatic N) is 2. The summed E-state index contributed by atoms with van der Waals surface area (Å²) < 4.78 is 18.5. The molecule has 3 rings (SSSR count). The minimum atomic E-state index is -0.254. The van der Waals surface area contributed by atoms with Gasteiger partial charge in [0, 0.05) is 24.9 Å².